The van der Waals surface area contributed by atoms with Gasteiger partial charge in [0, 0.05) is 24.8 Å². The molecule has 0 aliphatic rings. The molecule has 0 spiro atoms. The first kappa shape index (κ1) is 19.1. The summed E-state index contributed by atoms with van der Waals surface area (Å²) in [6.45, 7) is 3.67. The molecule has 0 atom stereocenters. The van der Waals surface area contributed by atoms with E-state index in [4.69, 9.17) is 16.3 Å². The Balaban J connectivity index is 1.88. The van der Waals surface area contributed by atoms with E-state index in [1.807, 2.05) is 37.3 Å². The minimum atomic E-state index is -0.0995. The van der Waals surface area contributed by atoms with Crippen LogP contribution in [0.4, 0.5) is 5.95 Å². The van der Waals surface area contributed by atoms with E-state index in [2.05, 4.69) is 15.5 Å². The van der Waals surface area contributed by atoms with Gasteiger partial charge in [-0.3, -0.25) is 9.36 Å². The highest BCUT2D eigenvalue weighted by molar-refractivity contribution is 6.30. The Morgan fingerprint density at radius 2 is 2.11 bits per heavy atom. The molecule has 27 heavy (non-hydrogen) atoms. The first-order valence-corrected chi connectivity index (χ1v) is 9.19. The number of hydrazone groups is 1. The molecule has 1 heterocycles. The molecule has 1 N–H and O–H groups in total. The van der Waals surface area contributed by atoms with Crippen molar-refractivity contribution in [3.8, 4) is 0 Å². The molecule has 6 nitrogen and oxygen atoms in total. The second-order valence-corrected chi connectivity index (χ2v) is 6.32. The number of nitrogens with one attached hydrogen (secondary N) is 1. The summed E-state index contributed by atoms with van der Waals surface area (Å²) in [5.74, 6) is 0.397. The standard InChI is InChI=1S/C20H21ClN4O2/c1-2-27-12-6-11-25-19(26)17-9-3-4-10-18(17)23-20(25)24-22-14-15-7-5-8-16(21)13-15/h3-5,7-10,13-14H,2,6,11-12H2,1H3,(H,23,24)/b22-14-. The molecular weight excluding hydrogens is 364 g/mol. The zero-order chi connectivity index (χ0) is 19.1. The van der Waals surface area contributed by atoms with Gasteiger partial charge >= 0.3 is 0 Å². The van der Waals surface area contributed by atoms with Crippen LogP contribution in [0.5, 0.6) is 0 Å². The molecule has 0 amide bonds. The molecular formula is C20H21ClN4O2. The Bertz CT molecular complexity index is 1000. The number of ether oxygens (including phenoxy) is 1. The second-order valence-electron chi connectivity index (χ2n) is 5.88. The zero-order valence-corrected chi connectivity index (χ0v) is 15.8. The first-order valence-electron chi connectivity index (χ1n) is 8.81. The molecule has 3 rings (SSSR count). The Labute approximate surface area is 162 Å². The summed E-state index contributed by atoms with van der Waals surface area (Å²) < 4.78 is 6.97. The van der Waals surface area contributed by atoms with Crippen LogP contribution in [0.15, 0.2) is 58.4 Å². The van der Waals surface area contributed by atoms with Gasteiger partial charge in [0.2, 0.25) is 5.95 Å². The van der Waals surface area contributed by atoms with Crippen molar-refractivity contribution in [1.29, 1.82) is 0 Å². The van der Waals surface area contributed by atoms with Crippen molar-refractivity contribution in [2.45, 2.75) is 19.9 Å². The van der Waals surface area contributed by atoms with E-state index in [1.165, 1.54) is 0 Å². The Hall–Kier alpha value is -2.70. The number of aromatic nitrogens is 2. The Kier molecular flexibility index (Phi) is 6.57. The fourth-order valence-corrected chi connectivity index (χ4v) is 2.88. The van der Waals surface area contributed by atoms with Crippen LogP contribution >= 0.6 is 11.6 Å². The first-order chi connectivity index (χ1) is 13.2. The maximum absolute atomic E-state index is 12.9. The van der Waals surface area contributed by atoms with Crippen molar-refractivity contribution < 1.29 is 4.74 Å². The number of anilines is 1. The molecule has 0 radical (unpaired) electrons. The molecule has 0 aliphatic heterocycles. The molecule has 0 saturated heterocycles. The number of para-hydroxylation sites is 1. The van der Waals surface area contributed by atoms with Gasteiger partial charge in [-0.15, -0.1) is 0 Å². The predicted octanol–water partition coefficient (Wildman–Crippen LogP) is 3.92. The average Bonchev–Trinajstić information content (AvgIpc) is 2.67. The highest BCUT2D eigenvalue weighted by Crippen LogP contribution is 2.12. The number of nitrogens with zero attached hydrogens (tertiary/aromatic N) is 3. The lowest BCUT2D eigenvalue weighted by Crippen LogP contribution is -2.25. The topological polar surface area (TPSA) is 68.5 Å². The highest BCUT2D eigenvalue weighted by Gasteiger charge is 2.10. The van der Waals surface area contributed by atoms with Crippen LogP contribution in [-0.2, 0) is 11.3 Å². The van der Waals surface area contributed by atoms with Crippen molar-refractivity contribution in [2.24, 2.45) is 5.10 Å². The van der Waals surface area contributed by atoms with Crippen molar-refractivity contribution in [3.05, 3.63) is 69.5 Å². The predicted molar refractivity (Wildman–Crippen MR) is 110 cm³/mol. The number of hydrogen-bond donors (Lipinski definition) is 1. The van der Waals surface area contributed by atoms with Gasteiger partial charge < -0.3 is 4.74 Å². The average molecular weight is 385 g/mol. The quantitative estimate of drug-likeness (QED) is 0.363. The van der Waals surface area contributed by atoms with Crippen LogP contribution in [0.1, 0.15) is 18.9 Å². The Morgan fingerprint density at radius 3 is 2.93 bits per heavy atom. The number of hydrogen-bond acceptors (Lipinski definition) is 5. The normalized spacial score (nSPS) is 11.3. The van der Waals surface area contributed by atoms with Gasteiger partial charge in [0.1, 0.15) is 0 Å². The monoisotopic (exact) mass is 384 g/mol. The van der Waals surface area contributed by atoms with Crippen LogP contribution < -0.4 is 11.0 Å². The van der Waals surface area contributed by atoms with Gasteiger partial charge in [-0.05, 0) is 43.2 Å². The van der Waals surface area contributed by atoms with E-state index in [1.54, 1.807) is 29.0 Å². The fraction of sp³-hybridized carbons (Fsp3) is 0.250. The third-order valence-electron chi connectivity index (χ3n) is 3.96. The molecule has 0 unspecified atom stereocenters. The Morgan fingerprint density at radius 1 is 1.26 bits per heavy atom. The van der Waals surface area contributed by atoms with Crippen LogP contribution in [0.3, 0.4) is 0 Å². The minimum absolute atomic E-state index is 0.0995. The summed E-state index contributed by atoms with van der Waals surface area (Å²) in [6, 6.07) is 14.6. The van der Waals surface area contributed by atoms with Gasteiger partial charge in [0.05, 0.1) is 17.1 Å². The maximum atomic E-state index is 12.9. The van der Waals surface area contributed by atoms with Crippen LogP contribution in [0.25, 0.3) is 10.9 Å². The van der Waals surface area contributed by atoms with Gasteiger partial charge in [-0.1, -0.05) is 35.9 Å². The highest BCUT2D eigenvalue weighted by atomic mass is 35.5. The minimum Gasteiger partial charge on any atom is -0.382 e. The molecule has 0 bridgehead atoms. The summed E-state index contributed by atoms with van der Waals surface area (Å²) in [6.07, 6.45) is 2.35. The third kappa shape index (κ3) is 4.93. The molecule has 7 heteroatoms. The molecule has 0 fully saturated rings. The van der Waals surface area contributed by atoms with Crippen LogP contribution in [0.2, 0.25) is 5.02 Å². The molecule has 1 aromatic heterocycles. The van der Waals surface area contributed by atoms with Crippen molar-refractivity contribution >= 4 is 34.7 Å². The van der Waals surface area contributed by atoms with Crippen LogP contribution in [0, 0.1) is 0 Å². The summed E-state index contributed by atoms with van der Waals surface area (Å²) in [5, 5.41) is 5.44. The lowest BCUT2D eigenvalue weighted by atomic mass is 10.2. The van der Waals surface area contributed by atoms with Gasteiger partial charge in [0.15, 0.2) is 0 Å². The van der Waals surface area contributed by atoms with E-state index >= 15 is 0 Å². The third-order valence-corrected chi connectivity index (χ3v) is 4.20. The smallest absolute Gasteiger partial charge is 0.262 e. The molecule has 2 aromatic carbocycles. The van der Waals surface area contributed by atoms with E-state index in [0.29, 0.717) is 48.1 Å². The van der Waals surface area contributed by atoms with E-state index in [9.17, 15) is 4.79 Å². The second kappa shape index (κ2) is 9.30. The number of halogens is 1. The van der Waals surface area contributed by atoms with Crippen LogP contribution in [-0.4, -0.2) is 29.0 Å². The van der Waals surface area contributed by atoms with E-state index in [-0.39, 0.29) is 5.56 Å². The molecule has 3 aromatic rings. The fourth-order valence-electron chi connectivity index (χ4n) is 2.68. The van der Waals surface area contributed by atoms with Gasteiger partial charge in [-0.25, -0.2) is 10.4 Å². The summed E-state index contributed by atoms with van der Waals surface area (Å²) in [4.78, 5) is 17.4. The van der Waals surface area contributed by atoms with Crippen molar-refractivity contribution in [2.75, 3.05) is 18.6 Å². The van der Waals surface area contributed by atoms with Gasteiger partial charge in [-0.2, -0.15) is 5.10 Å². The van der Waals surface area contributed by atoms with Crippen molar-refractivity contribution in [3.63, 3.8) is 0 Å². The lowest BCUT2D eigenvalue weighted by molar-refractivity contribution is 0.141. The molecule has 140 valence electrons. The van der Waals surface area contributed by atoms with E-state index in [0.717, 1.165) is 5.56 Å². The summed E-state index contributed by atoms with van der Waals surface area (Å²) in [7, 11) is 0. The SMILES string of the molecule is CCOCCCn1c(N/N=C\c2cccc(Cl)c2)nc2ccccc2c1=O. The van der Waals surface area contributed by atoms with Gasteiger partial charge in [0.25, 0.3) is 5.56 Å². The summed E-state index contributed by atoms with van der Waals surface area (Å²) >= 11 is 5.98. The van der Waals surface area contributed by atoms with E-state index < -0.39 is 0 Å². The summed E-state index contributed by atoms with van der Waals surface area (Å²) in [5.41, 5.74) is 4.27. The largest absolute Gasteiger partial charge is 0.382 e. The molecule has 0 aliphatic carbocycles. The number of fused-ring (bicyclic) bond motifs is 1. The molecule has 0 saturated carbocycles. The maximum Gasteiger partial charge on any atom is 0.262 e. The number of benzene rings is 2. The number of rotatable bonds is 8. The zero-order valence-electron chi connectivity index (χ0n) is 15.1. The lowest BCUT2D eigenvalue weighted by Gasteiger charge is -2.12. The van der Waals surface area contributed by atoms with Crippen molar-refractivity contribution in [1.82, 2.24) is 9.55 Å².